The average Bonchev–Trinajstić information content (AvgIpc) is 3.23. The number of aryl methyl sites for hydroxylation is 1. The molecule has 2 aliphatic carbocycles. The van der Waals surface area contributed by atoms with Crippen LogP contribution in [0.15, 0.2) is 61.0 Å². The Hall–Kier alpha value is -2.22. The molecule has 1 saturated carbocycles. The van der Waals surface area contributed by atoms with Crippen LogP contribution in [0.3, 0.4) is 0 Å². The minimum Gasteiger partial charge on any atom is -0.236 e. The SMILES string of the molecule is Cc1ccc(-c2ncc(C34C=CCC=CC3C4)cn2)cc1. The van der Waals surface area contributed by atoms with Gasteiger partial charge in [-0.3, -0.25) is 0 Å². The van der Waals surface area contributed by atoms with E-state index in [2.05, 4.69) is 65.5 Å². The molecule has 2 unspecified atom stereocenters. The molecular weight excluding hydrogens is 256 g/mol. The molecule has 0 radical (unpaired) electrons. The quantitative estimate of drug-likeness (QED) is 0.766. The Balaban J connectivity index is 1.65. The highest BCUT2D eigenvalue weighted by atomic mass is 14.9. The summed E-state index contributed by atoms with van der Waals surface area (Å²) in [6.07, 6.45) is 15.5. The summed E-state index contributed by atoms with van der Waals surface area (Å²) in [5, 5.41) is 0. The van der Waals surface area contributed by atoms with Gasteiger partial charge in [0.15, 0.2) is 5.82 Å². The summed E-state index contributed by atoms with van der Waals surface area (Å²) >= 11 is 0. The molecule has 1 heterocycles. The van der Waals surface area contributed by atoms with Gasteiger partial charge in [0.1, 0.15) is 0 Å². The van der Waals surface area contributed by atoms with Gasteiger partial charge in [0.05, 0.1) is 0 Å². The van der Waals surface area contributed by atoms with Crippen molar-refractivity contribution in [2.45, 2.75) is 25.2 Å². The van der Waals surface area contributed by atoms with Crippen LogP contribution in [-0.4, -0.2) is 9.97 Å². The van der Waals surface area contributed by atoms with Crippen molar-refractivity contribution in [2.24, 2.45) is 5.92 Å². The molecule has 0 bridgehead atoms. The van der Waals surface area contributed by atoms with Gasteiger partial charge in [-0.25, -0.2) is 9.97 Å². The van der Waals surface area contributed by atoms with Crippen molar-refractivity contribution >= 4 is 0 Å². The van der Waals surface area contributed by atoms with Gasteiger partial charge in [-0.2, -0.15) is 0 Å². The van der Waals surface area contributed by atoms with Crippen molar-refractivity contribution in [3.05, 3.63) is 72.1 Å². The molecular formula is C19H18N2. The summed E-state index contributed by atoms with van der Waals surface area (Å²) in [5.74, 6) is 1.44. The smallest absolute Gasteiger partial charge is 0.159 e. The van der Waals surface area contributed by atoms with Gasteiger partial charge in [-0.1, -0.05) is 54.1 Å². The second-order valence-corrected chi connectivity index (χ2v) is 6.08. The summed E-state index contributed by atoms with van der Waals surface area (Å²) in [6, 6.07) is 8.36. The van der Waals surface area contributed by atoms with Gasteiger partial charge in [-0.05, 0) is 31.2 Å². The van der Waals surface area contributed by atoms with Gasteiger partial charge in [0.25, 0.3) is 0 Å². The Morgan fingerprint density at radius 3 is 2.57 bits per heavy atom. The molecule has 0 N–H and O–H groups in total. The van der Waals surface area contributed by atoms with Crippen molar-refractivity contribution in [1.82, 2.24) is 9.97 Å². The molecule has 0 aliphatic heterocycles. The van der Waals surface area contributed by atoms with Crippen molar-refractivity contribution in [3.8, 4) is 11.4 Å². The molecule has 104 valence electrons. The fourth-order valence-electron chi connectivity index (χ4n) is 3.18. The summed E-state index contributed by atoms with van der Waals surface area (Å²) in [5.41, 5.74) is 3.74. The third kappa shape index (κ3) is 2.11. The summed E-state index contributed by atoms with van der Waals surface area (Å²) < 4.78 is 0. The van der Waals surface area contributed by atoms with Crippen LogP contribution in [0.4, 0.5) is 0 Å². The monoisotopic (exact) mass is 274 g/mol. The molecule has 21 heavy (non-hydrogen) atoms. The first-order chi connectivity index (χ1) is 10.3. The van der Waals surface area contributed by atoms with Gasteiger partial charge in [-0.15, -0.1) is 0 Å². The first-order valence-electron chi connectivity index (χ1n) is 7.52. The van der Waals surface area contributed by atoms with Crippen LogP contribution in [0.2, 0.25) is 0 Å². The zero-order valence-corrected chi connectivity index (χ0v) is 12.2. The Bertz CT molecular complexity index is 710. The van der Waals surface area contributed by atoms with E-state index in [0.717, 1.165) is 17.8 Å². The molecule has 2 aromatic rings. The zero-order valence-electron chi connectivity index (χ0n) is 12.2. The summed E-state index contributed by atoms with van der Waals surface area (Å²) in [6.45, 7) is 2.09. The maximum atomic E-state index is 4.59. The molecule has 4 rings (SSSR count). The normalized spacial score (nSPS) is 26.2. The van der Waals surface area contributed by atoms with Crippen LogP contribution in [0, 0.1) is 12.8 Å². The number of nitrogens with zero attached hydrogens (tertiary/aromatic N) is 2. The van der Waals surface area contributed by atoms with Crippen LogP contribution >= 0.6 is 0 Å². The molecule has 2 atom stereocenters. The van der Waals surface area contributed by atoms with Crippen LogP contribution in [0.1, 0.15) is 24.0 Å². The minimum atomic E-state index is 0.165. The topological polar surface area (TPSA) is 25.8 Å². The number of hydrogen-bond acceptors (Lipinski definition) is 2. The molecule has 1 fully saturated rings. The highest BCUT2D eigenvalue weighted by Gasteiger charge is 2.52. The molecule has 0 saturated heterocycles. The van der Waals surface area contributed by atoms with E-state index in [4.69, 9.17) is 0 Å². The lowest BCUT2D eigenvalue weighted by Crippen LogP contribution is -2.07. The van der Waals surface area contributed by atoms with Gasteiger partial charge in [0, 0.05) is 23.4 Å². The standard InChI is InChI=1S/C19H18N2/c1-14-6-8-15(9-7-14)18-20-12-17(13-21-18)19-10-4-2-3-5-16(19)11-19/h3-10,12-13,16H,2,11H2,1H3. The Labute approximate surface area is 125 Å². The van der Waals surface area contributed by atoms with Gasteiger partial charge >= 0.3 is 0 Å². The predicted molar refractivity (Wildman–Crippen MR) is 84.9 cm³/mol. The third-order valence-electron chi connectivity index (χ3n) is 4.61. The average molecular weight is 274 g/mol. The first-order valence-corrected chi connectivity index (χ1v) is 7.52. The fraction of sp³-hybridized carbons (Fsp3) is 0.263. The minimum absolute atomic E-state index is 0.165. The number of rotatable bonds is 2. The predicted octanol–water partition coefficient (Wildman–Crippen LogP) is 4.23. The van der Waals surface area contributed by atoms with Crippen molar-refractivity contribution in [1.29, 1.82) is 0 Å². The fourth-order valence-corrected chi connectivity index (χ4v) is 3.18. The highest BCUT2D eigenvalue weighted by molar-refractivity contribution is 5.55. The van der Waals surface area contributed by atoms with E-state index < -0.39 is 0 Å². The van der Waals surface area contributed by atoms with Crippen molar-refractivity contribution in [2.75, 3.05) is 0 Å². The number of aromatic nitrogens is 2. The van der Waals surface area contributed by atoms with E-state index in [1.54, 1.807) is 0 Å². The number of benzene rings is 1. The van der Waals surface area contributed by atoms with Gasteiger partial charge in [0.2, 0.25) is 0 Å². The lowest BCUT2D eigenvalue weighted by atomic mass is 9.95. The Kier molecular flexibility index (Phi) is 2.78. The van der Waals surface area contributed by atoms with Crippen LogP contribution in [-0.2, 0) is 5.41 Å². The Morgan fingerprint density at radius 2 is 1.81 bits per heavy atom. The second kappa shape index (κ2) is 4.66. The molecule has 0 amide bonds. The lowest BCUT2D eigenvalue weighted by molar-refractivity contribution is 0.812. The number of allylic oxidation sites excluding steroid dienone is 4. The van der Waals surface area contributed by atoms with Crippen LogP contribution in [0.5, 0.6) is 0 Å². The number of hydrogen-bond donors (Lipinski definition) is 0. The maximum absolute atomic E-state index is 4.59. The summed E-state index contributed by atoms with van der Waals surface area (Å²) in [4.78, 5) is 9.17. The van der Waals surface area contributed by atoms with E-state index >= 15 is 0 Å². The van der Waals surface area contributed by atoms with Crippen molar-refractivity contribution < 1.29 is 0 Å². The molecule has 2 aliphatic rings. The first kappa shape index (κ1) is 12.5. The molecule has 2 nitrogen and oxygen atoms in total. The lowest BCUT2D eigenvalue weighted by Gasteiger charge is -2.11. The van der Waals surface area contributed by atoms with Gasteiger partial charge < -0.3 is 0 Å². The second-order valence-electron chi connectivity index (χ2n) is 6.08. The van der Waals surface area contributed by atoms with Crippen LogP contribution in [0.25, 0.3) is 11.4 Å². The van der Waals surface area contributed by atoms with E-state index in [0.29, 0.717) is 5.92 Å². The van der Waals surface area contributed by atoms with E-state index in [-0.39, 0.29) is 5.41 Å². The Morgan fingerprint density at radius 1 is 1.05 bits per heavy atom. The third-order valence-corrected chi connectivity index (χ3v) is 4.61. The molecule has 1 aromatic carbocycles. The maximum Gasteiger partial charge on any atom is 0.159 e. The summed E-state index contributed by atoms with van der Waals surface area (Å²) in [7, 11) is 0. The van der Waals surface area contributed by atoms with Crippen LogP contribution < -0.4 is 0 Å². The zero-order chi connectivity index (χ0) is 14.3. The molecule has 0 spiro atoms. The van der Waals surface area contributed by atoms with E-state index in [1.807, 2.05) is 12.4 Å². The van der Waals surface area contributed by atoms with Crippen molar-refractivity contribution in [3.63, 3.8) is 0 Å². The molecule has 1 aromatic heterocycles. The highest BCUT2D eigenvalue weighted by Crippen LogP contribution is 2.56. The van der Waals surface area contributed by atoms with E-state index in [9.17, 15) is 0 Å². The van der Waals surface area contributed by atoms with E-state index in [1.165, 1.54) is 17.5 Å². The largest absolute Gasteiger partial charge is 0.236 e. The molecule has 2 heteroatoms. The number of fused-ring (bicyclic) bond motifs is 1.